The molecule has 12 nitrogen and oxygen atoms in total. The quantitative estimate of drug-likeness (QED) is 0.209. The van der Waals surface area contributed by atoms with Gasteiger partial charge in [-0.05, 0) is 0 Å². The number of aliphatic carboxylic acids is 1. The molecule has 3 amide bonds. The van der Waals surface area contributed by atoms with E-state index in [1.54, 1.807) is 0 Å². The number of aromatic nitrogens is 2. The number of amides is 3. The number of rotatable bonds is 5. The minimum Gasteiger partial charge on any atom is -0.480 e. The standard InChI is InChI=1S/C9H11ClN8O4/c10-5-7(12)17-6(11)4(16-5)8(21)14-2-15-18-9(22)13-1-3(19)20/h2H,1H2,(H,19,20)(H4,11,12,17)(H2,13,18,22)(H,14,15,21). The molecule has 8 N–H and O–H groups in total. The number of halogens is 1. The Kier molecular flexibility index (Phi) is 5.83. The van der Waals surface area contributed by atoms with Gasteiger partial charge in [-0.2, -0.15) is 5.10 Å². The lowest BCUT2D eigenvalue weighted by atomic mass is 10.4. The summed E-state index contributed by atoms with van der Waals surface area (Å²) < 4.78 is 0. The molecule has 0 bridgehead atoms. The Morgan fingerprint density at radius 1 is 1.27 bits per heavy atom. The summed E-state index contributed by atoms with van der Waals surface area (Å²) >= 11 is 5.61. The van der Waals surface area contributed by atoms with Gasteiger partial charge in [0.1, 0.15) is 12.9 Å². The average molecular weight is 331 g/mol. The van der Waals surface area contributed by atoms with Crippen molar-refractivity contribution in [3.8, 4) is 0 Å². The zero-order valence-electron chi connectivity index (χ0n) is 10.8. The molecule has 0 unspecified atom stereocenters. The lowest BCUT2D eigenvalue weighted by Crippen LogP contribution is -2.36. The third kappa shape index (κ3) is 5.09. The molecule has 1 heterocycles. The number of nitrogen functional groups attached to an aromatic ring is 2. The Balaban J connectivity index is 2.53. The molecule has 0 aliphatic rings. The van der Waals surface area contributed by atoms with Crippen molar-refractivity contribution in [2.45, 2.75) is 0 Å². The van der Waals surface area contributed by atoms with E-state index in [2.05, 4.69) is 20.4 Å². The van der Waals surface area contributed by atoms with Crippen LogP contribution in [-0.2, 0) is 4.79 Å². The molecule has 1 aromatic rings. The number of carbonyl (C=O) groups is 3. The Hall–Kier alpha value is -3.15. The SMILES string of the molecule is Nc1nc(N)c(C(=O)NC=NNC(=O)NCC(=O)O)nc1Cl. The summed E-state index contributed by atoms with van der Waals surface area (Å²) in [7, 11) is 0. The number of urea groups is 1. The second kappa shape index (κ2) is 7.58. The van der Waals surface area contributed by atoms with Crippen LogP contribution in [0, 0.1) is 0 Å². The third-order valence-electron chi connectivity index (χ3n) is 1.95. The van der Waals surface area contributed by atoms with Crippen molar-refractivity contribution >= 4 is 47.5 Å². The van der Waals surface area contributed by atoms with Gasteiger partial charge in [-0.3, -0.25) is 9.59 Å². The number of anilines is 2. The summed E-state index contributed by atoms with van der Waals surface area (Å²) in [6.07, 6.45) is 0.827. The number of carboxylic acids is 1. The molecule has 0 spiro atoms. The molecule has 0 aliphatic carbocycles. The van der Waals surface area contributed by atoms with Gasteiger partial charge >= 0.3 is 12.0 Å². The van der Waals surface area contributed by atoms with Gasteiger partial charge in [0.15, 0.2) is 22.5 Å². The Morgan fingerprint density at radius 2 is 1.95 bits per heavy atom. The smallest absolute Gasteiger partial charge is 0.335 e. The van der Waals surface area contributed by atoms with Crippen LogP contribution in [0.15, 0.2) is 5.10 Å². The monoisotopic (exact) mass is 330 g/mol. The number of hydrazone groups is 1. The summed E-state index contributed by atoms with van der Waals surface area (Å²) in [6.45, 7) is -0.580. The maximum absolute atomic E-state index is 11.7. The summed E-state index contributed by atoms with van der Waals surface area (Å²) in [5, 5.41) is 15.6. The molecule has 0 aromatic carbocycles. The number of nitrogens with zero attached hydrogens (tertiary/aromatic N) is 3. The normalized spacial score (nSPS) is 10.2. The van der Waals surface area contributed by atoms with E-state index in [0.29, 0.717) is 0 Å². The summed E-state index contributed by atoms with van der Waals surface area (Å²) in [5.74, 6) is -2.37. The van der Waals surface area contributed by atoms with Crippen molar-refractivity contribution in [2.75, 3.05) is 18.0 Å². The fraction of sp³-hybridized carbons (Fsp3) is 0.111. The average Bonchev–Trinajstić information content (AvgIpc) is 2.45. The first kappa shape index (κ1) is 16.9. The highest BCUT2D eigenvalue weighted by atomic mass is 35.5. The van der Waals surface area contributed by atoms with Gasteiger partial charge in [-0.25, -0.2) is 20.2 Å². The number of nitrogens with one attached hydrogen (secondary N) is 3. The van der Waals surface area contributed by atoms with Crippen LogP contribution in [0.4, 0.5) is 16.4 Å². The summed E-state index contributed by atoms with van der Waals surface area (Å²) in [6, 6.07) is -0.872. The molecule has 0 atom stereocenters. The second-order valence-corrected chi connectivity index (χ2v) is 3.91. The van der Waals surface area contributed by atoms with E-state index in [1.807, 2.05) is 10.7 Å². The van der Waals surface area contributed by atoms with Crippen LogP contribution < -0.4 is 27.5 Å². The van der Waals surface area contributed by atoms with Crippen molar-refractivity contribution in [1.82, 2.24) is 26.0 Å². The number of nitrogens with two attached hydrogens (primary N) is 2. The summed E-state index contributed by atoms with van der Waals surface area (Å²) in [4.78, 5) is 40.2. The van der Waals surface area contributed by atoms with Crippen LogP contribution in [-0.4, -0.2) is 45.9 Å². The van der Waals surface area contributed by atoms with Crippen LogP contribution in [0.1, 0.15) is 10.5 Å². The van der Waals surface area contributed by atoms with E-state index in [9.17, 15) is 14.4 Å². The van der Waals surface area contributed by atoms with E-state index >= 15 is 0 Å². The van der Waals surface area contributed by atoms with Gasteiger partial charge in [0.05, 0.1) is 0 Å². The molecule has 1 aromatic heterocycles. The van der Waals surface area contributed by atoms with Gasteiger partial charge in [0.25, 0.3) is 5.91 Å². The van der Waals surface area contributed by atoms with Crippen LogP contribution in [0.3, 0.4) is 0 Å². The molecule has 0 radical (unpaired) electrons. The van der Waals surface area contributed by atoms with Crippen molar-refractivity contribution in [3.63, 3.8) is 0 Å². The second-order valence-electron chi connectivity index (χ2n) is 3.55. The van der Waals surface area contributed by atoms with Crippen molar-refractivity contribution in [3.05, 3.63) is 10.8 Å². The van der Waals surface area contributed by atoms with Crippen LogP contribution in [0.25, 0.3) is 0 Å². The highest BCUT2D eigenvalue weighted by Gasteiger charge is 2.14. The van der Waals surface area contributed by atoms with E-state index in [4.69, 9.17) is 28.2 Å². The highest BCUT2D eigenvalue weighted by Crippen LogP contribution is 2.16. The van der Waals surface area contributed by atoms with Crippen LogP contribution in [0.2, 0.25) is 5.15 Å². The molecule has 118 valence electrons. The number of hydrogen-bond donors (Lipinski definition) is 6. The molecule has 1 rings (SSSR count). The zero-order valence-corrected chi connectivity index (χ0v) is 11.6. The lowest BCUT2D eigenvalue weighted by Gasteiger charge is -2.04. The van der Waals surface area contributed by atoms with Gasteiger partial charge in [0.2, 0.25) is 0 Å². The van der Waals surface area contributed by atoms with Crippen LogP contribution >= 0.6 is 11.6 Å². The van der Waals surface area contributed by atoms with E-state index in [1.165, 1.54) is 0 Å². The Bertz CT molecular complexity index is 634. The first-order chi connectivity index (χ1) is 10.3. The molecule has 13 heteroatoms. The maximum Gasteiger partial charge on any atom is 0.335 e. The molecule has 22 heavy (non-hydrogen) atoms. The molecular weight excluding hydrogens is 320 g/mol. The minimum atomic E-state index is -1.22. The van der Waals surface area contributed by atoms with Gasteiger partial charge in [0, 0.05) is 0 Å². The number of carboxylic acid groups (broad SMARTS) is 1. The van der Waals surface area contributed by atoms with Crippen molar-refractivity contribution in [1.29, 1.82) is 0 Å². The largest absolute Gasteiger partial charge is 0.480 e. The van der Waals surface area contributed by atoms with Crippen LogP contribution in [0.5, 0.6) is 0 Å². The predicted molar refractivity (Wildman–Crippen MR) is 76.0 cm³/mol. The zero-order chi connectivity index (χ0) is 16.7. The number of hydrogen-bond acceptors (Lipinski definition) is 8. The van der Waals surface area contributed by atoms with Gasteiger partial charge in [-0.1, -0.05) is 11.6 Å². The predicted octanol–water partition coefficient (Wildman–Crippen LogP) is -1.65. The molecular formula is C9H11ClN8O4. The first-order valence-electron chi connectivity index (χ1n) is 5.47. The summed E-state index contributed by atoms with van der Waals surface area (Å²) in [5.41, 5.74) is 12.4. The Morgan fingerprint density at radius 3 is 2.59 bits per heavy atom. The lowest BCUT2D eigenvalue weighted by molar-refractivity contribution is -0.135. The fourth-order valence-corrected chi connectivity index (χ4v) is 1.18. The van der Waals surface area contributed by atoms with E-state index < -0.39 is 24.5 Å². The first-order valence-corrected chi connectivity index (χ1v) is 5.85. The van der Waals surface area contributed by atoms with E-state index in [0.717, 1.165) is 6.34 Å². The maximum atomic E-state index is 11.7. The third-order valence-corrected chi connectivity index (χ3v) is 2.22. The van der Waals surface area contributed by atoms with Gasteiger partial charge < -0.3 is 27.2 Å². The number of carbonyl (C=O) groups excluding carboxylic acids is 2. The van der Waals surface area contributed by atoms with Crippen molar-refractivity contribution in [2.24, 2.45) is 5.10 Å². The van der Waals surface area contributed by atoms with Crippen molar-refractivity contribution < 1.29 is 19.5 Å². The minimum absolute atomic E-state index is 0.124. The highest BCUT2D eigenvalue weighted by molar-refractivity contribution is 6.31. The fourth-order valence-electron chi connectivity index (χ4n) is 1.05. The topological polar surface area (TPSA) is 198 Å². The van der Waals surface area contributed by atoms with Gasteiger partial charge in [-0.15, -0.1) is 0 Å². The molecule has 0 aliphatic heterocycles. The molecule has 0 saturated heterocycles. The molecule has 0 fully saturated rings. The van der Waals surface area contributed by atoms with E-state index in [-0.39, 0.29) is 22.5 Å². The Labute approximate surface area is 127 Å². The molecule has 0 saturated carbocycles.